The van der Waals surface area contributed by atoms with E-state index >= 15 is 0 Å². The van der Waals surface area contributed by atoms with E-state index in [0.717, 1.165) is 37.7 Å². The highest BCUT2D eigenvalue weighted by molar-refractivity contribution is 7.97. The van der Waals surface area contributed by atoms with Gasteiger partial charge in [-0.3, -0.25) is 13.9 Å². The number of anilines is 3. The lowest BCUT2D eigenvalue weighted by Gasteiger charge is -2.40. The average Bonchev–Trinajstić information content (AvgIpc) is 2.81. The van der Waals surface area contributed by atoms with Crippen molar-refractivity contribution in [2.75, 3.05) is 24.7 Å². The van der Waals surface area contributed by atoms with Crippen LogP contribution in [0.5, 0.6) is 5.75 Å². The lowest BCUT2D eigenvalue weighted by atomic mass is 9.76. The summed E-state index contributed by atoms with van der Waals surface area (Å²) in [5, 5.41) is 17.6. The number of aromatic hydroxyl groups is 1. The first-order valence-electron chi connectivity index (χ1n) is 10.6. The van der Waals surface area contributed by atoms with E-state index < -0.39 is 16.4 Å². The number of nitrogens with one attached hydrogen (secondary N) is 2. The highest BCUT2D eigenvalue weighted by atomic mass is 35.5. The molecule has 0 atom stereocenters. The van der Waals surface area contributed by atoms with Gasteiger partial charge in [-0.25, -0.2) is 0 Å². The van der Waals surface area contributed by atoms with Crippen molar-refractivity contribution in [3.8, 4) is 5.75 Å². The van der Waals surface area contributed by atoms with Crippen molar-refractivity contribution in [2.24, 2.45) is 0 Å². The van der Waals surface area contributed by atoms with E-state index in [0.29, 0.717) is 15.6 Å². The monoisotopic (exact) mass is 471 g/mol. The molecule has 3 aromatic rings. The number of hydrogen-bond acceptors (Lipinski definition) is 7. The molecule has 1 aliphatic carbocycles. The molecule has 0 bridgehead atoms. The summed E-state index contributed by atoms with van der Waals surface area (Å²) >= 11 is 7.52. The molecule has 0 unspecified atom stereocenters. The molecule has 0 heterocycles. The van der Waals surface area contributed by atoms with E-state index in [1.54, 1.807) is 12.1 Å². The zero-order chi connectivity index (χ0) is 22.9. The van der Waals surface area contributed by atoms with Gasteiger partial charge in [-0.1, -0.05) is 61.2 Å². The van der Waals surface area contributed by atoms with Crippen LogP contribution in [0.15, 0.2) is 56.9 Å². The van der Waals surface area contributed by atoms with E-state index in [1.165, 1.54) is 11.9 Å². The quantitative estimate of drug-likeness (QED) is 0.247. The number of hydrogen-bond donors (Lipinski definition) is 3. The molecular weight excluding hydrogens is 446 g/mol. The minimum Gasteiger partial charge on any atom is -0.505 e. The van der Waals surface area contributed by atoms with Crippen molar-refractivity contribution in [1.82, 2.24) is 4.31 Å². The normalized spacial score (nSPS) is 15.8. The molecule has 0 amide bonds. The SMILES string of the molecule is CN(C)Sc1c(Cl)ccc(Nc2c(NC3(c4ccccc4)CCCCC3)c(=O)c2=O)c1O. The first kappa shape index (κ1) is 22.7. The maximum Gasteiger partial charge on any atom is 0.253 e. The minimum absolute atomic E-state index is 0.0642. The second-order valence-electron chi connectivity index (χ2n) is 8.34. The van der Waals surface area contributed by atoms with Gasteiger partial charge < -0.3 is 15.7 Å². The van der Waals surface area contributed by atoms with Crippen LogP contribution in [0.2, 0.25) is 5.02 Å². The summed E-state index contributed by atoms with van der Waals surface area (Å²) in [6, 6.07) is 13.3. The molecule has 4 rings (SSSR count). The van der Waals surface area contributed by atoms with Gasteiger partial charge in [0, 0.05) is 0 Å². The third-order valence-corrected chi connectivity index (χ3v) is 7.31. The topological polar surface area (TPSA) is 81.7 Å². The smallest absolute Gasteiger partial charge is 0.253 e. The fourth-order valence-electron chi connectivity index (χ4n) is 4.32. The van der Waals surface area contributed by atoms with Gasteiger partial charge in [0.05, 0.1) is 21.1 Å². The second kappa shape index (κ2) is 9.17. The highest BCUT2D eigenvalue weighted by Crippen LogP contribution is 2.44. The molecule has 0 saturated heterocycles. The molecule has 168 valence electrons. The average molecular weight is 472 g/mol. The fourth-order valence-corrected chi connectivity index (χ4v) is 5.29. The Bertz CT molecular complexity index is 1180. The van der Waals surface area contributed by atoms with Crippen LogP contribution >= 0.6 is 23.5 Å². The Labute approximate surface area is 196 Å². The van der Waals surface area contributed by atoms with E-state index in [-0.39, 0.29) is 17.1 Å². The highest BCUT2D eigenvalue weighted by Gasteiger charge is 2.37. The molecule has 0 aliphatic heterocycles. The number of phenolic OH excluding ortho intramolecular Hbond substituents is 1. The second-order valence-corrected chi connectivity index (χ2v) is 10.1. The van der Waals surface area contributed by atoms with E-state index in [9.17, 15) is 14.7 Å². The van der Waals surface area contributed by atoms with Crippen molar-refractivity contribution >= 4 is 40.6 Å². The largest absolute Gasteiger partial charge is 0.505 e. The lowest BCUT2D eigenvalue weighted by molar-refractivity contribution is 0.330. The maximum absolute atomic E-state index is 12.6. The molecule has 1 saturated carbocycles. The van der Waals surface area contributed by atoms with Crippen LogP contribution in [0.3, 0.4) is 0 Å². The third-order valence-electron chi connectivity index (χ3n) is 5.93. The van der Waals surface area contributed by atoms with Gasteiger partial charge in [0.25, 0.3) is 10.9 Å². The Hall–Kier alpha value is -2.48. The van der Waals surface area contributed by atoms with Gasteiger partial charge in [-0.15, -0.1) is 0 Å². The predicted octanol–water partition coefficient (Wildman–Crippen LogP) is 5.23. The van der Waals surface area contributed by atoms with E-state index in [2.05, 4.69) is 22.8 Å². The number of phenols is 1. The van der Waals surface area contributed by atoms with Crippen molar-refractivity contribution in [3.05, 3.63) is 73.5 Å². The van der Waals surface area contributed by atoms with Crippen LogP contribution in [-0.4, -0.2) is 23.5 Å². The van der Waals surface area contributed by atoms with Gasteiger partial charge in [-0.2, -0.15) is 0 Å². The summed E-state index contributed by atoms with van der Waals surface area (Å²) in [5.41, 5.74) is 0.356. The molecule has 0 radical (unpaired) electrons. The van der Waals surface area contributed by atoms with Gasteiger partial charge in [0.1, 0.15) is 11.4 Å². The fraction of sp³-hybridized carbons (Fsp3) is 0.333. The number of nitrogens with zero attached hydrogens (tertiary/aromatic N) is 1. The standard InChI is InChI=1S/C24H26ClN3O3S/c1-28(2)32-23-16(25)11-12-17(20(23)29)26-18-19(22(31)21(18)30)27-24(13-7-4-8-14-24)15-9-5-3-6-10-15/h3,5-6,9-12,26-27,29H,4,7-8,13-14H2,1-2H3. The van der Waals surface area contributed by atoms with Crippen molar-refractivity contribution in [3.63, 3.8) is 0 Å². The van der Waals surface area contributed by atoms with Crippen molar-refractivity contribution < 1.29 is 5.11 Å². The number of halogens is 1. The van der Waals surface area contributed by atoms with Crippen LogP contribution in [0, 0.1) is 0 Å². The molecule has 0 spiro atoms. The Balaban J connectivity index is 1.68. The lowest BCUT2D eigenvalue weighted by Crippen LogP contribution is -2.44. The van der Waals surface area contributed by atoms with Gasteiger partial charge >= 0.3 is 0 Å². The molecule has 1 fully saturated rings. The molecular formula is C24H26ClN3O3S. The summed E-state index contributed by atoms with van der Waals surface area (Å²) in [6.07, 6.45) is 5.00. The van der Waals surface area contributed by atoms with Crippen LogP contribution in [0.25, 0.3) is 0 Å². The van der Waals surface area contributed by atoms with Crippen molar-refractivity contribution in [2.45, 2.75) is 42.5 Å². The molecule has 3 N–H and O–H groups in total. The summed E-state index contributed by atoms with van der Waals surface area (Å²) in [5.74, 6) is -0.0642. The zero-order valence-electron chi connectivity index (χ0n) is 18.1. The van der Waals surface area contributed by atoms with E-state index in [4.69, 9.17) is 11.6 Å². The first-order chi connectivity index (χ1) is 15.3. The summed E-state index contributed by atoms with van der Waals surface area (Å²) < 4.78 is 1.81. The Morgan fingerprint density at radius 1 is 0.969 bits per heavy atom. The van der Waals surface area contributed by atoms with Crippen LogP contribution in [-0.2, 0) is 5.54 Å². The predicted molar refractivity (Wildman–Crippen MR) is 132 cm³/mol. The van der Waals surface area contributed by atoms with Crippen molar-refractivity contribution in [1.29, 1.82) is 0 Å². The maximum atomic E-state index is 12.6. The number of rotatable bonds is 7. The summed E-state index contributed by atoms with van der Waals surface area (Å²) in [7, 11) is 3.68. The van der Waals surface area contributed by atoms with Crippen LogP contribution < -0.4 is 21.5 Å². The molecule has 0 aromatic heterocycles. The molecule has 32 heavy (non-hydrogen) atoms. The van der Waals surface area contributed by atoms with Crippen LogP contribution in [0.4, 0.5) is 17.1 Å². The first-order valence-corrected chi connectivity index (χ1v) is 11.8. The Kier molecular flexibility index (Phi) is 6.51. The molecule has 1 aliphatic rings. The Morgan fingerprint density at radius 3 is 2.28 bits per heavy atom. The number of benzene rings is 2. The Morgan fingerprint density at radius 2 is 1.62 bits per heavy atom. The van der Waals surface area contributed by atoms with Crippen LogP contribution in [0.1, 0.15) is 37.7 Å². The van der Waals surface area contributed by atoms with Gasteiger partial charge in [0.15, 0.2) is 5.75 Å². The molecule has 8 heteroatoms. The summed E-state index contributed by atoms with van der Waals surface area (Å²) in [4.78, 5) is 25.5. The van der Waals surface area contributed by atoms with Gasteiger partial charge in [0.2, 0.25) is 0 Å². The summed E-state index contributed by atoms with van der Waals surface area (Å²) in [6.45, 7) is 0. The molecule has 3 aromatic carbocycles. The molecule has 6 nitrogen and oxygen atoms in total. The van der Waals surface area contributed by atoms with Gasteiger partial charge in [-0.05, 0) is 56.6 Å². The zero-order valence-corrected chi connectivity index (χ0v) is 19.6. The third kappa shape index (κ3) is 4.25. The minimum atomic E-state index is -0.595. The van der Waals surface area contributed by atoms with E-state index in [1.807, 2.05) is 36.6 Å².